The Morgan fingerprint density at radius 3 is 2.54 bits per heavy atom. The molecule has 2 amide bonds. The molecule has 4 aromatic carbocycles. The summed E-state index contributed by atoms with van der Waals surface area (Å²) in [5.74, 6) is -1.34. The van der Waals surface area contributed by atoms with Gasteiger partial charge in [-0.15, -0.1) is 0 Å². The molecule has 2 N–H and O–H groups in total. The Hall–Kier alpha value is -4.20. The van der Waals surface area contributed by atoms with E-state index in [0.29, 0.717) is 16.1 Å². The first-order chi connectivity index (χ1) is 17.8. The monoisotopic (exact) mass is 533 g/mol. The first-order valence-corrected chi connectivity index (χ1v) is 11.9. The fraction of sp³-hybridized carbons (Fsp3) is 0.0714. The lowest BCUT2D eigenvalue weighted by molar-refractivity contribution is -0.120. The van der Waals surface area contributed by atoms with Gasteiger partial charge in [0.05, 0.1) is 23.3 Å². The second-order valence-corrected chi connectivity index (χ2v) is 8.90. The van der Waals surface area contributed by atoms with Crippen molar-refractivity contribution in [2.24, 2.45) is 5.10 Å². The molecule has 186 valence electrons. The van der Waals surface area contributed by atoms with E-state index in [4.69, 9.17) is 27.9 Å². The molecule has 0 aliphatic rings. The zero-order chi connectivity index (χ0) is 26.4. The van der Waals surface area contributed by atoms with Crippen molar-refractivity contribution in [1.82, 2.24) is 10.7 Å². The quantitative estimate of drug-likeness (QED) is 0.141. The van der Waals surface area contributed by atoms with E-state index in [0.717, 1.165) is 16.3 Å². The number of hydrogen-bond acceptors (Lipinski definition) is 5. The summed E-state index contributed by atoms with van der Waals surface area (Å²) in [7, 11) is 0. The number of esters is 1. The van der Waals surface area contributed by atoms with Gasteiger partial charge in [-0.05, 0) is 54.1 Å². The number of hydrazone groups is 1. The van der Waals surface area contributed by atoms with Crippen molar-refractivity contribution < 1.29 is 19.1 Å². The van der Waals surface area contributed by atoms with E-state index in [9.17, 15) is 14.4 Å². The van der Waals surface area contributed by atoms with Gasteiger partial charge in [-0.25, -0.2) is 10.2 Å². The van der Waals surface area contributed by atoms with Crippen molar-refractivity contribution in [1.29, 1.82) is 0 Å². The summed E-state index contributed by atoms with van der Waals surface area (Å²) in [5.41, 5.74) is 4.40. The molecule has 0 bridgehead atoms. The number of fused-ring (bicyclic) bond motifs is 1. The van der Waals surface area contributed by atoms with Crippen LogP contribution in [0, 0.1) is 6.92 Å². The van der Waals surface area contributed by atoms with Crippen molar-refractivity contribution in [3.05, 3.63) is 111 Å². The summed E-state index contributed by atoms with van der Waals surface area (Å²) in [4.78, 5) is 37.3. The lowest BCUT2D eigenvalue weighted by Gasteiger charge is -2.11. The van der Waals surface area contributed by atoms with Crippen molar-refractivity contribution in [3.63, 3.8) is 0 Å². The van der Waals surface area contributed by atoms with Gasteiger partial charge in [0.2, 0.25) is 0 Å². The number of hydrogen-bond donors (Lipinski definition) is 2. The summed E-state index contributed by atoms with van der Waals surface area (Å²) in [5, 5.41) is 8.75. The highest BCUT2D eigenvalue weighted by atomic mass is 35.5. The Morgan fingerprint density at radius 1 is 0.946 bits per heavy atom. The van der Waals surface area contributed by atoms with E-state index in [1.807, 2.05) is 37.3 Å². The van der Waals surface area contributed by atoms with E-state index in [1.165, 1.54) is 18.3 Å². The van der Waals surface area contributed by atoms with Crippen LogP contribution in [0.4, 0.5) is 0 Å². The molecule has 4 aromatic rings. The smallest absolute Gasteiger partial charge is 0.345 e. The van der Waals surface area contributed by atoms with Gasteiger partial charge in [0.25, 0.3) is 11.8 Å². The second kappa shape index (κ2) is 11.7. The summed E-state index contributed by atoms with van der Waals surface area (Å²) in [6.45, 7) is 1.61. The van der Waals surface area contributed by atoms with Gasteiger partial charge in [-0.3, -0.25) is 9.59 Å². The van der Waals surface area contributed by atoms with Crippen LogP contribution in [0.5, 0.6) is 5.75 Å². The molecular formula is C28H21Cl2N3O4. The molecule has 0 fully saturated rings. The van der Waals surface area contributed by atoms with Crippen LogP contribution in [0.1, 0.15) is 31.8 Å². The van der Waals surface area contributed by atoms with Gasteiger partial charge in [0, 0.05) is 16.1 Å². The first kappa shape index (κ1) is 25.9. The highest BCUT2D eigenvalue weighted by molar-refractivity contribution is 6.36. The van der Waals surface area contributed by atoms with Gasteiger partial charge in [-0.1, -0.05) is 71.2 Å². The molecule has 0 atom stereocenters. The minimum Gasteiger partial charge on any atom is -0.422 e. The topological polar surface area (TPSA) is 96.9 Å². The van der Waals surface area contributed by atoms with E-state index in [2.05, 4.69) is 15.8 Å². The van der Waals surface area contributed by atoms with Crippen LogP contribution in [0.25, 0.3) is 10.8 Å². The number of rotatable bonds is 7. The molecule has 0 saturated carbocycles. The number of nitrogens with one attached hydrogen (secondary N) is 2. The number of ether oxygens (including phenoxy) is 1. The molecule has 0 heterocycles. The Labute approximate surface area is 223 Å². The van der Waals surface area contributed by atoms with Crippen molar-refractivity contribution in [3.8, 4) is 5.75 Å². The van der Waals surface area contributed by atoms with Gasteiger partial charge in [-0.2, -0.15) is 5.10 Å². The van der Waals surface area contributed by atoms with Gasteiger partial charge in [0.1, 0.15) is 5.75 Å². The number of carbonyl (C=O) groups excluding carboxylic acids is 3. The molecule has 4 rings (SSSR count). The summed E-state index contributed by atoms with van der Waals surface area (Å²) < 4.78 is 5.63. The van der Waals surface area contributed by atoms with Crippen LogP contribution in [0.15, 0.2) is 84.0 Å². The minimum absolute atomic E-state index is 0.153. The van der Waals surface area contributed by atoms with Crippen LogP contribution in [-0.2, 0) is 4.79 Å². The number of carbonyl (C=O) groups is 3. The first-order valence-electron chi connectivity index (χ1n) is 11.2. The lowest BCUT2D eigenvalue weighted by Crippen LogP contribution is -2.34. The Bertz CT molecular complexity index is 1540. The van der Waals surface area contributed by atoms with Crippen LogP contribution < -0.4 is 15.5 Å². The number of amides is 2. The predicted molar refractivity (Wildman–Crippen MR) is 145 cm³/mol. The zero-order valence-electron chi connectivity index (χ0n) is 19.6. The largest absolute Gasteiger partial charge is 0.422 e. The highest BCUT2D eigenvalue weighted by Crippen LogP contribution is 2.29. The number of halogens is 2. The van der Waals surface area contributed by atoms with Crippen molar-refractivity contribution >= 4 is 58.0 Å². The average Bonchev–Trinajstić information content (AvgIpc) is 2.88. The molecule has 9 heteroatoms. The maximum atomic E-state index is 12.8. The third-order valence-electron chi connectivity index (χ3n) is 5.36. The molecule has 37 heavy (non-hydrogen) atoms. The van der Waals surface area contributed by atoms with Gasteiger partial charge in [0.15, 0.2) is 0 Å². The number of nitrogens with zero attached hydrogens (tertiary/aromatic N) is 1. The van der Waals surface area contributed by atoms with Crippen molar-refractivity contribution in [2.45, 2.75) is 6.92 Å². The number of benzene rings is 4. The molecule has 0 saturated heterocycles. The standard InChI is InChI=1S/C28H21Cl2N3O4/c1-17-5-4-7-19(13-17)27(35)31-16-26(34)33-32-15-23-21-8-3-2-6-18(21)9-12-25(23)37-28(36)22-11-10-20(29)14-24(22)30/h2-15H,16H2,1H3,(H,31,35)(H,33,34). The fourth-order valence-electron chi connectivity index (χ4n) is 3.56. The van der Waals surface area contributed by atoms with Crippen LogP contribution in [0.3, 0.4) is 0 Å². The van der Waals surface area contributed by atoms with Crippen LogP contribution >= 0.6 is 23.2 Å². The molecule has 0 aliphatic carbocycles. The van der Waals surface area contributed by atoms with Gasteiger partial charge >= 0.3 is 5.97 Å². The SMILES string of the molecule is Cc1cccc(C(=O)NCC(=O)NN=Cc2c(OC(=O)c3ccc(Cl)cc3Cl)ccc3ccccc23)c1. The molecule has 7 nitrogen and oxygen atoms in total. The number of aryl methyl sites for hydroxylation is 1. The molecule has 0 unspecified atom stereocenters. The third-order valence-corrected chi connectivity index (χ3v) is 5.90. The summed E-state index contributed by atoms with van der Waals surface area (Å²) in [6, 6.07) is 22.4. The Kier molecular flexibility index (Phi) is 8.18. The van der Waals surface area contributed by atoms with E-state index < -0.39 is 11.9 Å². The maximum absolute atomic E-state index is 12.8. The lowest BCUT2D eigenvalue weighted by atomic mass is 10.0. The molecule has 0 radical (unpaired) electrons. The zero-order valence-corrected chi connectivity index (χ0v) is 21.1. The molecule has 0 spiro atoms. The Balaban J connectivity index is 1.49. The minimum atomic E-state index is -0.672. The van der Waals surface area contributed by atoms with E-state index in [-0.39, 0.29) is 28.8 Å². The average molecular weight is 534 g/mol. The van der Waals surface area contributed by atoms with E-state index >= 15 is 0 Å². The summed E-state index contributed by atoms with van der Waals surface area (Å²) in [6.07, 6.45) is 1.38. The summed E-state index contributed by atoms with van der Waals surface area (Å²) >= 11 is 12.1. The molecule has 0 aliphatic heterocycles. The van der Waals surface area contributed by atoms with Gasteiger partial charge < -0.3 is 10.1 Å². The Morgan fingerprint density at radius 2 is 1.76 bits per heavy atom. The second-order valence-electron chi connectivity index (χ2n) is 8.06. The third kappa shape index (κ3) is 6.52. The van der Waals surface area contributed by atoms with Crippen molar-refractivity contribution in [2.75, 3.05) is 6.54 Å². The molecular weight excluding hydrogens is 513 g/mol. The van der Waals surface area contributed by atoms with Crippen LogP contribution in [0.2, 0.25) is 10.0 Å². The highest BCUT2D eigenvalue weighted by Gasteiger charge is 2.16. The molecule has 0 aromatic heterocycles. The van der Waals surface area contributed by atoms with Crippen LogP contribution in [-0.4, -0.2) is 30.5 Å². The predicted octanol–water partition coefficient (Wildman–Crippen LogP) is 5.55. The van der Waals surface area contributed by atoms with E-state index in [1.54, 1.807) is 36.4 Å². The maximum Gasteiger partial charge on any atom is 0.345 e. The normalized spacial score (nSPS) is 10.9. The fourth-order valence-corrected chi connectivity index (χ4v) is 4.05.